The summed E-state index contributed by atoms with van der Waals surface area (Å²) in [4.78, 5) is 0. The molecule has 1 aliphatic rings. The van der Waals surface area contributed by atoms with Crippen molar-refractivity contribution >= 4 is 0 Å². The lowest BCUT2D eigenvalue weighted by molar-refractivity contribution is 0.120. The summed E-state index contributed by atoms with van der Waals surface area (Å²) in [5.41, 5.74) is 0. The first kappa shape index (κ1) is 11.7. The molecule has 0 spiro atoms. The van der Waals surface area contributed by atoms with Gasteiger partial charge in [-0.1, -0.05) is 6.08 Å². The summed E-state index contributed by atoms with van der Waals surface area (Å²) in [6, 6.07) is 0.290. The van der Waals surface area contributed by atoms with Crippen molar-refractivity contribution in [2.45, 2.75) is 37.8 Å². The van der Waals surface area contributed by atoms with E-state index in [4.69, 9.17) is 4.74 Å². The molecular weight excluding hydrogens is 178 g/mol. The highest BCUT2D eigenvalue weighted by Gasteiger charge is 2.23. The molecule has 0 aromatic carbocycles. The summed E-state index contributed by atoms with van der Waals surface area (Å²) >= 11 is 0. The molecular formula is C11H21NO2. The molecule has 2 unspecified atom stereocenters. The Labute approximate surface area is 86.2 Å². The first-order valence-corrected chi connectivity index (χ1v) is 5.44. The number of hydrogen-bond donors (Lipinski definition) is 2. The van der Waals surface area contributed by atoms with Crippen LogP contribution in [0.1, 0.15) is 25.7 Å². The molecule has 3 nitrogen and oxygen atoms in total. The second-order valence-electron chi connectivity index (χ2n) is 3.75. The normalized spacial score (nSPS) is 26.6. The Balaban J connectivity index is 1.90. The van der Waals surface area contributed by atoms with Gasteiger partial charge in [0.05, 0.1) is 19.3 Å². The summed E-state index contributed by atoms with van der Waals surface area (Å²) in [6.45, 7) is 5.92. The number of ether oxygens (including phenoxy) is 1. The lowest BCUT2D eigenvalue weighted by atomic mass is 10.2. The van der Waals surface area contributed by atoms with Crippen molar-refractivity contribution in [3.63, 3.8) is 0 Å². The van der Waals surface area contributed by atoms with Crippen molar-refractivity contribution < 1.29 is 9.84 Å². The van der Waals surface area contributed by atoms with Crippen LogP contribution in [0.15, 0.2) is 12.7 Å². The highest BCUT2D eigenvalue weighted by atomic mass is 16.5. The minimum Gasteiger partial charge on any atom is -0.392 e. The van der Waals surface area contributed by atoms with Crippen molar-refractivity contribution in [1.29, 1.82) is 0 Å². The quantitative estimate of drug-likeness (QED) is 0.476. The van der Waals surface area contributed by atoms with Crippen LogP contribution in [0.5, 0.6) is 0 Å². The third kappa shape index (κ3) is 4.22. The molecule has 0 heterocycles. The number of rotatable bonds is 7. The van der Waals surface area contributed by atoms with Crippen molar-refractivity contribution in [2.24, 2.45) is 0 Å². The van der Waals surface area contributed by atoms with E-state index in [0.29, 0.717) is 0 Å². The van der Waals surface area contributed by atoms with Crippen LogP contribution in [0.4, 0.5) is 0 Å². The van der Waals surface area contributed by atoms with Gasteiger partial charge in [-0.3, -0.25) is 0 Å². The van der Waals surface area contributed by atoms with Crippen LogP contribution >= 0.6 is 0 Å². The highest BCUT2D eigenvalue weighted by Crippen LogP contribution is 2.18. The Bertz CT molecular complexity index is 161. The summed E-state index contributed by atoms with van der Waals surface area (Å²) in [5, 5.41) is 12.8. The fraction of sp³-hybridized carbons (Fsp3) is 0.818. The first-order valence-electron chi connectivity index (χ1n) is 5.44. The highest BCUT2D eigenvalue weighted by molar-refractivity contribution is 4.82. The number of nitrogens with one attached hydrogen (secondary N) is 1. The van der Waals surface area contributed by atoms with Crippen LogP contribution < -0.4 is 5.32 Å². The van der Waals surface area contributed by atoms with E-state index in [1.807, 2.05) is 6.08 Å². The first-order chi connectivity index (χ1) is 6.84. The van der Waals surface area contributed by atoms with E-state index in [0.717, 1.165) is 45.4 Å². The average Bonchev–Trinajstić information content (AvgIpc) is 2.58. The van der Waals surface area contributed by atoms with Crippen molar-refractivity contribution in [2.75, 3.05) is 19.8 Å². The lowest BCUT2D eigenvalue weighted by Gasteiger charge is -2.16. The summed E-state index contributed by atoms with van der Waals surface area (Å²) in [6.07, 6.45) is 5.78. The molecule has 0 bridgehead atoms. The SMILES string of the molecule is C=CCCOCCNC1CCCC1O. The van der Waals surface area contributed by atoms with Gasteiger partial charge >= 0.3 is 0 Å². The van der Waals surface area contributed by atoms with Gasteiger partial charge < -0.3 is 15.2 Å². The molecule has 0 radical (unpaired) electrons. The Morgan fingerprint density at radius 3 is 2.93 bits per heavy atom. The maximum absolute atomic E-state index is 9.51. The van der Waals surface area contributed by atoms with Crippen LogP contribution in [0.3, 0.4) is 0 Å². The summed E-state index contributed by atoms with van der Waals surface area (Å²) in [5.74, 6) is 0. The topological polar surface area (TPSA) is 41.5 Å². The zero-order valence-electron chi connectivity index (χ0n) is 8.74. The number of aliphatic hydroxyl groups is 1. The zero-order valence-corrected chi connectivity index (χ0v) is 8.74. The third-order valence-corrected chi connectivity index (χ3v) is 2.60. The van der Waals surface area contributed by atoms with Gasteiger partial charge in [-0.15, -0.1) is 6.58 Å². The predicted octanol–water partition coefficient (Wildman–Crippen LogP) is 1.08. The van der Waals surface area contributed by atoms with E-state index in [9.17, 15) is 5.11 Å². The van der Waals surface area contributed by atoms with Crippen LogP contribution in [0.2, 0.25) is 0 Å². The minimum absolute atomic E-state index is 0.150. The van der Waals surface area contributed by atoms with Crippen molar-refractivity contribution in [3.05, 3.63) is 12.7 Å². The zero-order chi connectivity index (χ0) is 10.2. The van der Waals surface area contributed by atoms with Crippen LogP contribution in [0, 0.1) is 0 Å². The van der Waals surface area contributed by atoms with Crippen molar-refractivity contribution in [1.82, 2.24) is 5.32 Å². The maximum Gasteiger partial charge on any atom is 0.0693 e. The van der Waals surface area contributed by atoms with Crippen LogP contribution in [-0.2, 0) is 4.74 Å². The molecule has 14 heavy (non-hydrogen) atoms. The fourth-order valence-corrected chi connectivity index (χ4v) is 1.76. The molecule has 1 saturated carbocycles. The molecule has 0 aliphatic heterocycles. The van der Waals surface area contributed by atoms with Gasteiger partial charge in [-0.05, 0) is 25.7 Å². The van der Waals surface area contributed by atoms with E-state index in [1.165, 1.54) is 0 Å². The Hall–Kier alpha value is -0.380. The second-order valence-corrected chi connectivity index (χ2v) is 3.75. The molecule has 1 aliphatic carbocycles. The standard InChI is InChI=1S/C11H21NO2/c1-2-3-8-14-9-7-12-10-5-4-6-11(10)13/h2,10-13H,1,3-9H2. The van der Waals surface area contributed by atoms with Gasteiger partial charge in [-0.25, -0.2) is 0 Å². The lowest BCUT2D eigenvalue weighted by Crippen LogP contribution is -2.37. The third-order valence-electron chi connectivity index (χ3n) is 2.60. The number of aliphatic hydroxyl groups excluding tert-OH is 1. The average molecular weight is 199 g/mol. The van der Waals surface area contributed by atoms with E-state index in [1.54, 1.807) is 0 Å². The summed E-state index contributed by atoms with van der Waals surface area (Å²) < 4.78 is 5.35. The van der Waals surface area contributed by atoms with E-state index in [2.05, 4.69) is 11.9 Å². The minimum atomic E-state index is -0.150. The largest absolute Gasteiger partial charge is 0.392 e. The molecule has 0 aromatic heterocycles. The summed E-state index contributed by atoms with van der Waals surface area (Å²) in [7, 11) is 0. The van der Waals surface area contributed by atoms with Gasteiger partial charge in [-0.2, -0.15) is 0 Å². The maximum atomic E-state index is 9.51. The Morgan fingerprint density at radius 1 is 1.43 bits per heavy atom. The van der Waals surface area contributed by atoms with Gasteiger partial charge in [0, 0.05) is 12.6 Å². The smallest absolute Gasteiger partial charge is 0.0693 e. The van der Waals surface area contributed by atoms with E-state index >= 15 is 0 Å². The monoisotopic (exact) mass is 199 g/mol. The van der Waals surface area contributed by atoms with E-state index in [-0.39, 0.29) is 12.1 Å². The predicted molar refractivity (Wildman–Crippen MR) is 57.3 cm³/mol. The molecule has 3 heteroatoms. The van der Waals surface area contributed by atoms with Gasteiger partial charge in [0.2, 0.25) is 0 Å². The molecule has 1 fully saturated rings. The van der Waals surface area contributed by atoms with Crippen LogP contribution in [0.25, 0.3) is 0 Å². The van der Waals surface area contributed by atoms with Crippen molar-refractivity contribution in [3.8, 4) is 0 Å². The number of hydrogen-bond acceptors (Lipinski definition) is 3. The molecule has 0 amide bonds. The molecule has 1 rings (SSSR count). The van der Waals surface area contributed by atoms with E-state index < -0.39 is 0 Å². The van der Waals surface area contributed by atoms with Gasteiger partial charge in [0.15, 0.2) is 0 Å². The molecule has 2 atom stereocenters. The molecule has 2 N–H and O–H groups in total. The van der Waals surface area contributed by atoms with Gasteiger partial charge in [0.1, 0.15) is 0 Å². The van der Waals surface area contributed by atoms with Gasteiger partial charge in [0.25, 0.3) is 0 Å². The molecule has 0 aromatic rings. The second kappa shape index (κ2) is 6.98. The Kier molecular flexibility index (Phi) is 5.83. The molecule has 0 saturated heterocycles. The molecule has 82 valence electrons. The van der Waals surface area contributed by atoms with Crippen LogP contribution in [-0.4, -0.2) is 37.0 Å². The fourth-order valence-electron chi connectivity index (χ4n) is 1.76. The Morgan fingerprint density at radius 2 is 2.29 bits per heavy atom.